The molecular formula is C4H4F4S. The molecule has 9 heavy (non-hydrogen) atoms. The molecule has 5 heteroatoms. The summed E-state index contributed by atoms with van der Waals surface area (Å²) < 4.78 is 47.6. The number of thiol groups is 1. The Bertz CT molecular complexity index is 133. The van der Waals surface area contributed by atoms with Gasteiger partial charge in [0.2, 0.25) is 5.00 Å². The van der Waals surface area contributed by atoms with E-state index in [1.54, 1.807) is 0 Å². The van der Waals surface area contributed by atoms with E-state index in [1.807, 2.05) is 0 Å². The van der Waals surface area contributed by atoms with Gasteiger partial charge in [-0.15, -0.1) is 12.6 Å². The van der Waals surface area contributed by atoms with E-state index < -0.39 is 23.5 Å². The average molecular weight is 160 g/mol. The van der Waals surface area contributed by atoms with Gasteiger partial charge in [0.25, 0.3) is 0 Å². The minimum Gasteiger partial charge on any atom is -0.241 e. The maximum atomic E-state index is 12.1. The molecule has 0 nitrogen and oxygen atoms in total. The van der Waals surface area contributed by atoms with Crippen LogP contribution in [0.4, 0.5) is 17.6 Å². The van der Waals surface area contributed by atoms with Gasteiger partial charge in [-0.2, -0.15) is 8.78 Å². The summed E-state index contributed by atoms with van der Waals surface area (Å²) in [6, 6.07) is 0. The zero-order chi connectivity index (χ0) is 7.28. The van der Waals surface area contributed by atoms with Gasteiger partial charge in [-0.25, -0.2) is 8.78 Å². The first kappa shape index (κ1) is 7.18. The highest BCUT2D eigenvalue weighted by Crippen LogP contribution is 2.53. The molecule has 0 amide bonds. The van der Waals surface area contributed by atoms with Crippen LogP contribution in [-0.4, -0.2) is 17.1 Å². The average Bonchev–Trinajstić information content (AvgIpc) is 1.65. The third kappa shape index (κ3) is 0.738. The fraction of sp³-hybridized carbons (Fsp3) is 1.00. The molecule has 0 aromatic rings. The molecular weight excluding hydrogens is 156 g/mol. The van der Waals surface area contributed by atoms with Crippen molar-refractivity contribution in [1.29, 1.82) is 0 Å². The maximum absolute atomic E-state index is 12.1. The predicted molar refractivity (Wildman–Crippen MR) is 27.3 cm³/mol. The van der Waals surface area contributed by atoms with Crippen molar-refractivity contribution in [3.05, 3.63) is 0 Å². The Hall–Kier alpha value is 0.0700. The van der Waals surface area contributed by atoms with E-state index in [-0.39, 0.29) is 0 Å². The van der Waals surface area contributed by atoms with E-state index in [2.05, 4.69) is 12.6 Å². The fourth-order valence-electron chi connectivity index (χ4n) is 0.611. The molecule has 1 aliphatic carbocycles. The van der Waals surface area contributed by atoms with Crippen LogP contribution in [0.25, 0.3) is 0 Å². The summed E-state index contributed by atoms with van der Waals surface area (Å²) in [7, 11) is 0. The van der Waals surface area contributed by atoms with Crippen molar-refractivity contribution >= 4 is 12.6 Å². The van der Waals surface area contributed by atoms with Crippen LogP contribution in [-0.2, 0) is 0 Å². The van der Waals surface area contributed by atoms with Crippen molar-refractivity contribution in [2.45, 2.75) is 23.5 Å². The predicted octanol–water partition coefficient (Wildman–Crippen LogP) is 1.96. The number of hydrogen-bond donors (Lipinski definition) is 1. The first-order valence-electron chi connectivity index (χ1n) is 2.31. The van der Waals surface area contributed by atoms with Gasteiger partial charge in [0.05, 0.1) is 0 Å². The Kier molecular flexibility index (Phi) is 1.25. The minimum absolute atomic E-state index is 0.816. The summed E-state index contributed by atoms with van der Waals surface area (Å²) in [5, 5.41) is -2.92. The molecule has 1 fully saturated rings. The summed E-state index contributed by atoms with van der Waals surface area (Å²) in [6.45, 7) is 0. The molecule has 1 aliphatic rings. The van der Waals surface area contributed by atoms with Crippen molar-refractivity contribution in [3.63, 3.8) is 0 Å². The second-order valence-electron chi connectivity index (χ2n) is 2.05. The van der Waals surface area contributed by atoms with Crippen LogP contribution >= 0.6 is 12.6 Å². The van der Waals surface area contributed by atoms with Crippen LogP contribution in [0.1, 0.15) is 6.42 Å². The van der Waals surface area contributed by atoms with Crippen molar-refractivity contribution in [2.24, 2.45) is 0 Å². The molecule has 0 saturated heterocycles. The SMILES string of the molecule is FC1CC(F)(S)C1(F)F. The summed E-state index contributed by atoms with van der Waals surface area (Å²) >= 11 is 2.92. The highest BCUT2D eigenvalue weighted by Gasteiger charge is 2.69. The Balaban J connectivity index is 2.70. The standard InChI is InChI=1S/C4H4F4S/c5-2-1-3(6,9)4(2,7)8/h2,9H,1H2. The Morgan fingerprint density at radius 2 is 1.78 bits per heavy atom. The topological polar surface area (TPSA) is 0 Å². The monoisotopic (exact) mass is 160 g/mol. The molecule has 2 unspecified atom stereocenters. The smallest absolute Gasteiger partial charge is 0.241 e. The van der Waals surface area contributed by atoms with Crippen molar-refractivity contribution in [2.75, 3.05) is 0 Å². The van der Waals surface area contributed by atoms with Gasteiger partial charge in [-0.05, 0) is 0 Å². The van der Waals surface area contributed by atoms with Gasteiger partial charge in [-0.1, -0.05) is 0 Å². The van der Waals surface area contributed by atoms with E-state index in [1.165, 1.54) is 0 Å². The van der Waals surface area contributed by atoms with E-state index in [0.717, 1.165) is 0 Å². The van der Waals surface area contributed by atoms with Crippen molar-refractivity contribution < 1.29 is 17.6 Å². The van der Waals surface area contributed by atoms with Gasteiger partial charge in [0, 0.05) is 6.42 Å². The maximum Gasteiger partial charge on any atom is 0.321 e. The third-order valence-corrected chi connectivity index (χ3v) is 1.83. The van der Waals surface area contributed by atoms with E-state index in [0.29, 0.717) is 0 Å². The van der Waals surface area contributed by atoms with E-state index in [4.69, 9.17) is 0 Å². The Morgan fingerprint density at radius 1 is 1.33 bits per heavy atom. The van der Waals surface area contributed by atoms with Crippen LogP contribution in [0, 0.1) is 0 Å². The highest BCUT2D eigenvalue weighted by atomic mass is 32.1. The van der Waals surface area contributed by atoms with Gasteiger partial charge >= 0.3 is 5.92 Å². The molecule has 0 aromatic carbocycles. The quantitative estimate of drug-likeness (QED) is 0.406. The second-order valence-corrected chi connectivity index (χ2v) is 2.76. The van der Waals surface area contributed by atoms with E-state index >= 15 is 0 Å². The summed E-state index contributed by atoms with van der Waals surface area (Å²) in [6.07, 6.45) is -3.18. The first-order valence-corrected chi connectivity index (χ1v) is 2.76. The minimum atomic E-state index is -3.89. The molecule has 0 heterocycles. The normalized spacial score (nSPS) is 48.3. The molecule has 0 aromatic heterocycles. The zero-order valence-corrected chi connectivity index (χ0v) is 5.14. The fourth-order valence-corrected chi connectivity index (χ4v) is 0.911. The van der Waals surface area contributed by atoms with Crippen LogP contribution in [0.15, 0.2) is 0 Å². The van der Waals surface area contributed by atoms with Crippen molar-refractivity contribution in [3.8, 4) is 0 Å². The molecule has 54 valence electrons. The number of halogens is 4. The highest BCUT2D eigenvalue weighted by molar-refractivity contribution is 7.81. The number of alkyl halides is 4. The third-order valence-electron chi connectivity index (χ3n) is 1.35. The molecule has 0 N–H and O–H groups in total. The molecule has 1 rings (SSSR count). The molecule has 0 spiro atoms. The van der Waals surface area contributed by atoms with Crippen LogP contribution in [0.2, 0.25) is 0 Å². The lowest BCUT2D eigenvalue weighted by atomic mass is 9.89. The largest absolute Gasteiger partial charge is 0.321 e. The first-order chi connectivity index (χ1) is 3.88. The zero-order valence-electron chi connectivity index (χ0n) is 4.24. The summed E-state index contributed by atoms with van der Waals surface area (Å²) in [5.74, 6) is -3.89. The lowest BCUT2D eigenvalue weighted by molar-refractivity contribution is -0.215. The van der Waals surface area contributed by atoms with Gasteiger partial charge in [0.15, 0.2) is 6.17 Å². The Labute approximate surface area is 54.6 Å². The number of hydrogen-bond acceptors (Lipinski definition) is 1. The lowest BCUT2D eigenvalue weighted by Gasteiger charge is -2.41. The van der Waals surface area contributed by atoms with Crippen LogP contribution in [0.5, 0.6) is 0 Å². The molecule has 0 aliphatic heterocycles. The van der Waals surface area contributed by atoms with Gasteiger partial charge in [-0.3, -0.25) is 0 Å². The van der Waals surface area contributed by atoms with E-state index in [9.17, 15) is 17.6 Å². The van der Waals surface area contributed by atoms with Crippen LogP contribution in [0.3, 0.4) is 0 Å². The Morgan fingerprint density at radius 3 is 1.78 bits per heavy atom. The molecule has 0 radical (unpaired) electrons. The second kappa shape index (κ2) is 1.56. The molecule has 2 atom stereocenters. The van der Waals surface area contributed by atoms with Gasteiger partial charge in [0.1, 0.15) is 0 Å². The lowest BCUT2D eigenvalue weighted by Crippen LogP contribution is -2.59. The summed E-state index contributed by atoms with van der Waals surface area (Å²) in [5.41, 5.74) is 0. The molecule has 1 saturated carbocycles. The number of rotatable bonds is 0. The van der Waals surface area contributed by atoms with Crippen molar-refractivity contribution in [1.82, 2.24) is 0 Å². The van der Waals surface area contributed by atoms with Gasteiger partial charge < -0.3 is 0 Å². The summed E-state index contributed by atoms with van der Waals surface area (Å²) in [4.78, 5) is 0. The van der Waals surface area contributed by atoms with Crippen LogP contribution < -0.4 is 0 Å². The molecule has 0 bridgehead atoms.